The van der Waals surface area contributed by atoms with Crippen LogP contribution in [0.15, 0.2) is 18.3 Å². The fraction of sp³-hybridized carbons (Fsp3) is 0.688. The molecule has 0 saturated carbocycles. The molecule has 19 heavy (non-hydrogen) atoms. The minimum atomic E-state index is 0.830. The second-order valence-electron chi connectivity index (χ2n) is 6.01. The molecule has 1 fully saturated rings. The van der Waals surface area contributed by atoms with Gasteiger partial charge in [0.15, 0.2) is 0 Å². The van der Waals surface area contributed by atoms with Crippen LogP contribution in [0.25, 0.3) is 0 Å². The third-order valence-electron chi connectivity index (χ3n) is 4.29. The zero-order valence-corrected chi connectivity index (χ0v) is 12.5. The maximum absolute atomic E-state index is 4.28. The van der Waals surface area contributed by atoms with E-state index in [-0.39, 0.29) is 0 Å². The molecule has 1 N–H and O–H groups in total. The number of aromatic nitrogens is 1. The maximum Gasteiger partial charge on any atom is 0.125 e. The molecule has 1 aromatic heterocycles. The number of hydrogen-bond donors (Lipinski definition) is 1. The number of likely N-dealkylation sites (tertiary alicyclic amines) is 1. The lowest BCUT2D eigenvalue weighted by Crippen LogP contribution is -2.24. The lowest BCUT2D eigenvalue weighted by Gasteiger charge is -2.21. The van der Waals surface area contributed by atoms with Gasteiger partial charge in [0.2, 0.25) is 0 Å². The Morgan fingerprint density at radius 3 is 2.95 bits per heavy atom. The van der Waals surface area contributed by atoms with Gasteiger partial charge < -0.3 is 5.32 Å². The van der Waals surface area contributed by atoms with Crippen LogP contribution >= 0.6 is 0 Å². The summed E-state index contributed by atoms with van der Waals surface area (Å²) in [5.74, 6) is 2.71. The third kappa shape index (κ3) is 4.20. The largest absolute Gasteiger partial charge is 0.373 e. The second-order valence-corrected chi connectivity index (χ2v) is 6.01. The van der Waals surface area contributed by atoms with Crippen molar-refractivity contribution in [1.82, 2.24) is 9.88 Å². The number of nitrogens with one attached hydrogen (secondary N) is 1. The van der Waals surface area contributed by atoms with Crippen molar-refractivity contribution in [3.05, 3.63) is 23.9 Å². The van der Waals surface area contributed by atoms with Crippen molar-refractivity contribution >= 4 is 5.82 Å². The molecule has 1 aromatic rings. The van der Waals surface area contributed by atoms with Gasteiger partial charge in [-0.3, -0.25) is 4.90 Å². The lowest BCUT2D eigenvalue weighted by atomic mass is 9.89. The van der Waals surface area contributed by atoms with Crippen LogP contribution in [0.3, 0.4) is 0 Å². The van der Waals surface area contributed by atoms with Crippen LogP contribution in [0.5, 0.6) is 0 Å². The van der Waals surface area contributed by atoms with E-state index in [1.165, 1.54) is 37.9 Å². The van der Waals surface area contributed by atoms with E-state index in [1.807, 2.05) is 13.2 Å². The van der Waals surface area contributed by atoms with Crippen LogP contribution in [0.2, 0.25) is 0 Å². The summed E-state index contributed by atoms with van der Waals surface area (Å²) in [5.41, 5.74) is 1.36. The van der Waals surface area contributed by atoms with Crippen molar-refractivity contribution < 1.29 is 0 Å². The summed E-state index contributed by atoms with van der Waals surface area (Å²) in [7, 11) is 1.92. The Kier molecular flexibility index (Phi) is 5.20. The standard InChI is InChI=1S/C16H27N3/c1-13(2)15-5-4-9-19(10-7-15)12-14-6-8-18-16(11-14)17-3/h6,8,11,13,15H,4-5,7,9-10,12H2,1-3H3,(H,17,18). The first kappa shape index (κ1) is 14.3. The first-order valence-electron chi connectivity index (χ1n) is 7.54. The Balaban J connectivity index is 1.92. The topological polar surface area (TPSA) is 28.2 Å². The van der Waals surface area contributed by atoms with Gasteiger partial charge in [-0.1, -0.05) is 13.8 Å². The van der Waals surface area contributed by atoms with E-state index in [9.17, 15) is 0 Å². The van der Waals surface area contributed by atoms with E-state index in [2.05, 4.69) is 41.2 Å². The molecule has 0 amide bonds. The highest BCUT2D eigenvalue weighted by molar-refractivity contribution is 5.36. The molecule has 1 atom stereocenters. The van der Waals surface area contributed by atoms with Crippen molar-refractivity contribution in [2.45, 2.75) is 39.7 Å². The summed E-state index contributed by atoms with van der Waals surface area (Å²) in [6, 6.07) is 4.29. The van der Waals surface area contributed by atoms with E-state index < -0.39 is 0 Å². The monoisotopic (exact) mass is 261 g/mol. The molecule has 3 nitrogen and oxygen atoms in total. The van der Waals surface area contributed by atoms with E-state index >= 15 is 0 Å². The van der Waals surface area contributed by atoms with Gasteiger partial charge in [0, 0.05) is 19.8 Å². The molecule has 1 aliphatic heterocycles. The molecule has 3 heteroatoms. The summed E-state index contributed by atoms with van der Waals surface area (Å²) in [6.07, 6.45) is 5.98. The highest BCUT2D eigenvalue weighted by Crippen LogP contribution is 2.25. The minimum Gasteiger partial charge on any atom is -0.373 e. The Labute approximate surface area is 117 Å². The highest BCUT2D eigenvalue weighted by atomic mass is 15.1. The number of pyridine rings is 1. The van der Waals surface area contributed by atoms with E-state index in [0.29, 0.717) is 0 Å². The first-order chi connectivity index (χ1) is 9.19. The molecular weight excluding hydrogens is 234 g/mol. The van der Waals surface area contributed by atoms with Crippen LogP contribution in [0, 0.1) is 11.8 Å². The summed E-state index contributed by atoms with van der Waals surface area (Å²) in [5, 5.41) is 3.11. The van der Waals surface area contributed by atoms with Gasteiger partial charge in [-0.2, -0.15) is 0 Å². The Bertz CT molecular complexity index is 389. The van der Waals surface area contributed by atoms with E-state index in [0.717, 1.165) is 24.2 Å². The Morgan fingerprint density at radius 2 is 2.21 bits per heavy atom. The summed E-state index contributed by atoms with van der Waals surface area (Å²) in [6.45, 7) is 8.26. The minimum absolute atomic E-state index is 0.830. The highest BCUT2D eigenvalue weighted by Gasteiger charge is 2.19. The van der Waals surface area contributed by atoms with Crippen LogP contribution in [-0.2, 0) is 6.54 Å². The van der Waals surface area contributed by atoms with Crippen LogP contribution in [-0.4, -0.2) is 30.0 Å². The summed E-state index contributed by atoms with van der Waals surface area (Å²) in [4.78, 5) is 6.87. The normalized spacial score (nSPS) is 21.4. The average molecular weight is 261 g/mol. The fourth-order valence-corrected chi connectivity index (χ4v) is 2.97. The zero-order chi connectivity index (χ0) is 13.7. The second kappa shape index (κ2) is 6.90. The van der Waals surface area contributed by atoms with Gasteiger partial charge in [-0.25, -0.2) is 4.98 Å². The molecule has 0 radical (unpaired) electrons. The number of anilines is 1. The molecular formula is C16H27N3. The SMILES string of the molecule is CNc1cc(CN2CCCC(C(C)C)CC2)ccn1. The van der Waals surface area contributed by atoms with Crippen molar-refractivity contribution in [2.24, 2.45) is 11.8 Å². The Morgan fingerprint density at radius 1 is 1.37 bits per heavy atom. The van der Waals surface area contributed by atoms with Crippen LogP contribution in [0.4, 0.5) is 5.82 Å². The number of rotatable bonds is 4. The van der Waals surface area contributed by atoms with Crippen molar-refractivity contribution in [3.8, 4) is 0 Å². The molecule has 0 aliphatic carbocycles. The summed E-state index contributed by atoms with van der Waals surface area (Å²) >= 11 is 0. The van der Waals surface area contributed by atoms with Crippen LogP contribution < -0.4 is 5.32 Å². The number of hydrogen-bond acceptors (Lipinski definition) is 3. The van der Waals surface area contributed by atoms with Gasteiger partial charge in [0.25, 0.3) is 0 Å². The molecule has 1 saturated heterocycles. The smallest absolute Gasteiger partial charge is 0.125 e. The van der Waals surface area contributed by atoms with Gasteiger partial charge >= 0.3 is 0 Å². The Hall–Kier alpha value is -1.09. The summed E-state index contributed by atoms with van der Waals surface area (Å²) < 4.78 is 0. The molecule has 0 bridgehead atoms. The van der Waals surface area contributed by atoms with Crippen molar-refractivity contribution in [2.75, 3.05) is 25.5 Å². The first-order valence-corrected chi connectivity index (χ1v) is 7.54. The third-order valence-corrected chi connectivity index (χ3v) is 4.29. The molecule has 0 spiro atoms. The molecule has 1 unspecified atom stereocenters. The van der Waals surface area contributed by atoms with Gasteiger partial charge in [0.05, 0.1) is 0 Å². The maximum atomic E-state index is 4.28. The molecule has 0 aromatic carbocycles. The zero-order valence-electron chi connectivity index (χ0n) is 12.5. The number of nitrogens with zero attached hydrogens (tertiary/aromatic N) is 2. The molecule has 106 valence electrons. The van der Waals surface area contributed by atoms with Gasteiger partial charge in [0.1, 0.15) is 5.82 Å². The van der Waals surface area contributed by atoms with E-state index in [4.69, 9.17) is 0 Å². The molecule has 2 heterocycles. The average Bonchev–Trinajstić information content (AvgIpc) is 2.65. The predicted molar refractivity (Wildman–Crippen MR) is 81.2 cm³/mol. The van der Waals surface area contributed by atoms with Crippen LogP contribution in [0.1, 0.15) is 38.7 Å². The quantitative estimate of drug-likeness (QED) is 0.900. The van der Waals surface area contributed by atoms with Crippen molar-refractivity contribution in [1.29, 1.82) is 0 Å². The van der Waals surface area contributed by atoms with Crippen molar-refractivity contribution in [3.63, 3.8) is 0 Å². The molecule has 2 rings (SSSR count). The molecule has 1 aliphatic rings. The van der Waals surface area contributed by atoms with E-state index in [1.54, 1.807) is 0 Å². The predicted octanol–water partition coefficient (Wildman–Crippen LogP) is 3.38. The lowest BCUT2D eigenvalue weighted by molar-refractivity contribution is 0.265. The van der Waals surface area contributed by atoms with Gasteiger partial charge in [-0.15, -0.1) is 0 Å². The van der Waals surface area contributed by atoms with Gasteiger partial charge in [-0.05, 0) is 61.9 Å². The fourth-order valence-electron chi connectivity index (χ4n) is 2.97.